The Labute approximate surface area is 107 Å². The van der Waals surface area contributed by atoms with Gasteiger partial charge in [0, 0.05) is 19.7 Å². The molecular formula is C15H18N2O. The van der Waals surface area contributed by atoms with Crippen molar-refractivity contribution in [1.82, 2.24) is 9.78 Å². The maximum atomic E-state index is 10.9. The van der Waals surface area contributed by atoms with Crippen molar-refractivity contribution in [3.8, 4) is 0 Å². The van der Waals surface area contributed by atoms with Gasteiger partial charge in [-0.15, -0.1) is 0 Å². The Hall–Kier alpha value is -1.61. The van der Waals surface area contributed by atoms with Crippen LogP contribution < -0.4 is 0 Å². The molecule has 18 heavy (non-hydrogen) atoms. The quantitative estimate of drug-likeness (QED) is 0.876. The van der Waals surface area contributed by atoms with Crippen molar-refractivity contribution in [3.05, 3.63) is 53.3 Å². The van der Waals surface area contributed by atoms with Gasteiger partial charge in [0.05, 0.1) is 11.8 Å². The zero-order chi connectivity index (χ0) is 12.6. The van der Waals surface area contributed by atoms with E-state index in [1.54, 1.807) is 4.68 Å². The fourth-order valence-electron chi connectivity index (χ4n) is 2.98. The molecule has 1 aliphatic carbocycles. The summed E-state index contributed by atoms with van der Waals surface area (Å²) in [4.78, 5) is 0. The molecule has 0 bridgehead atoms. The number of benzene rings is 1. The van der Waals surface area contributed by atoms with E-state index >= 15 is 0 Å². The van der Waals surface area contributed by atoms with Gasteiger partial charge in [-0.3, -0.25) is 4.68 Å². The van der Waals surface area contributed by atoms with Crippen molar-refractivity contribution in [2.75, 3.05) is 0 Å². The van der Waals surface area contributed by atoms with Gasteiger partial charge in [-0.25, -0.2) is 0 Å². The summed E-state index contributed by atoms with van der Waals surface area (Å²) < 4.78 is 1.79. The van der Waals surface area contributed by atoms with Gasteiger partial charge in [0.1, 0.15) is 0 Å². The van der Waals surface area contributed by atoms with E-state index in [0.717, 1.165) is 30.4 Å². The second kappa shape index (κ2) is 4.25. The van der Waals surface area contributed by atoms with Gasteiger partial charge in [-0.05, 0) is 36.0 Å². The van der Waals surface area contributed by atoms with E-state index in [9.17, 15) is 5.11 Å². The number of hydrogen-bond acceptors (Lipinski definition) is 2. The van der Waals surface area contributed by atoms with Crippen LogP contribution in [0.1, 0.15) is 29.5 Å². The summed E-state index contributed by atoms with van der Waals surface area (Å²) in [7, 11) is 1.91. The van der Waals surface area contributed by atoms with E-state index in [1.807, 2.05) is 25.5 Å². The normalized spacial score (nSPS) is 22.8. The van der Waals surface area contributed by atoms with E-state index in [2.05, 4.69) is 23.3 Å². The standard InChI is InChI=1S/C15H18N2O/c1-17-11-12(10-16-17)9-15(18)8-4-6-13-5-2-3-7-14(13)15/h2-3,5,7,10-11,18H,4,6,8-9H2,1H3. The smallest absolute Gasteiger partial charge is 0.0940 e. The molecule has 94 valence electrons. The zero-order valence-corrected chi connectivity index (χ0v) is 10.6. The summed E-state index contributed by atoms with van der Waals surface area (Å²) in [6.07, 6.45) is 7.43. The number of aliphatic hydroxyl groups is 1. The Morgan fingerprint density at radius 3 is 3.00 bits per heavy atom. The summed E-state index contributed by atoms with van der Waals surface area (Å²) in [6, 6.07) is 8.25. The van der Waals surface area contributed by atoms with Crippen LogP contribution in [-0.2, 0) is 25.5 Å². The first-order valence-corrected chi connectivity index (χ1v) is 6.46. The molecule has 1 aromatic heterocycles. The van der Waals surface area contributed by atoms with Gasteiger partial charge < -0.3 is 5.11 Å². The minimum atomic E-state index is -0.724. The van der Waals surface area contributed by atoms with E-state index in [1.165, 1.54) is 5.56 Å². The van der Waals surface area contributed by atoms with Gasteiger partial charge >= 0.3 is 0 Å². The number of aromatic nitrogens is 2. The first-order valence-electron chi connectivity index (χ1n) is 6.46. The first-order chi connectivity index (χ1) is 8.67. The molecule has 0 spiro atoms. The van der Waals surface area contributed by atoms with Crippen LogP contribution >= 0.6 is 0 Å². The minimum Gasteiger partial charge on any atom is -0.385 e. The molecule has 1 heterocycles. The second-order valence-electron chi connectivity index (χ2n) is 5.24. The summed E-state index contributed by atoms with van der Waals surface area (Å²) in [6.45, 7) is 0. The van der Waals surface area contributed by atoms with Crippen LogP contribution in [0.2, 0.25) is 0 Å². The van der Waals surface area contributed by atoms with Gasteiger partial charge in [-0.1, -0.05) is 24.3 Å². The average Bonchev–Trinajstić information content (AvgIpc) is 2.75. The lowest BCUT2D eigenvalue weighted by atomic mass is 9.76. The third-order valence-electron chi connectivity index (χ3n) is 3.81. The highest BCUT2D eigenvalue weighted by Crippen LogP contribution is 2.37. The predicted molar refractivity (Wildman–Crippen MR) is 70.2 cm³/mol. The largest absolute Gasteiger partial charge is 0.385 e. The van der Waals surface area contributed by atoms with Crippen LogP contribution in [0.4, 0.5) is 0 Å². The van der Waals surface area contributed by atoms with Crippen molar-refractivity contribution in [1.29, 1.82) is 0 Å². The minimum absolute atomic E-state index is 0.651. The number of nitrogens with zero attached hydrogens (tertiary/aromatic N) is 2. The van der Waals surface area contributed by atoms with E-state index in [4.69, 9.17) is 0 Å². The Bertz CT molecular complexity index is 561. The van der Waals surface area contributed by atoms with Crippen molar-refractivity contribution in [2.45, 2.75) is 31.3 Å². The first kappa shape index (κ1) is 11.5. The van der Waals surface area contributed by atoms with Crippen molar-refractivity contribution in [2.24, 2.45) is 7.05 Å². The molecule has 3 heteroatoms. The van der Waals surface area contributed by atoms with E-state index in [0.29, 0.717) is 6.42 Å². The van der Waals surface area contributed by atoms with Crippen LogP contribution in [0.15, 0.2) is 36.7 Å². The van der Waals surface area contributed by atoms with Crippen LogP contribution in [0.5, 0.6) is 0 Å². The van der Waals surface area contributed by atoms with Gasteiger partial charge in [0.25, 0.3) is 0 Å². The lowest BCUT2D eigenvalue weighted by Crippen LogP contribution is -2.32. The van der Waals surface area contributed by atoms with Gasteiger partial charge in [-0.2, -0.15) is 5.10 Å². The molecule has 1 atom stereocenters. The summed E-state index contributed by atoms with van der Waals surface area (Å²) in [5, 5.41) is 15.1. The predicted octanol–water partition coefficient (Wildman–Crippen LogP) is 2.19. The molecule has 3 nitrogen and oxygen atoms in total. The number of rotatable bonds is 2. The maximum Gasteiger partial charge on any atom is 0.0940 e. The maximum absolute atomic E-state index is 10.9. The van der Waals surface area contributed by atoms with Crippen LogP contribution in [0, 0.1) is 0 Å². The molecule has 0 saturated carbocycles. The molecule has 2 aromatic rings. The third-order valence-corrected chi connectivity index (χ3v) is 3.81. The highest BCUT2D eigenvalue weighted by Gasteiger charge is 2.34. The summed E-state index contributed by atoms with van der Waals surface area (Å²) in [5.74, 6) is 0. The topological polar surface area (TPSA) is 38.0 Å². The summed E-state index contributed by atoms with van der Waals surface area (Å²) in [5.41, 5.74) is 2.75. The Morgan fingerprint density at radius 1 is 1.39 bits per heavy atom. The lowest BCUT2D eigenvalue weighted by Gasteiger charge is -2.34. The highest BCUT2D eigenvalue weighted by atomic mass is 16.3. The fraction of sp³-hybridized carbons (Fsp3) is 0.400. The van der Waals surface area contributed by atoms with Crippen LogP contribution in [0.25, 0.3) is 0 Å². The molecule has 0 saturated heterocycles. The molecule has 0 aliphatic heterocycles. The third kappa shape index (κ3) is 1.95. The highest BCUT2D eigenvalue weighted by molar-refractivity contribution is 5.36. The van der Waals surface area contributed by atoms with Crippen molar-refractivity contribution in [3.63, 3.8) is 0 Å². The van der Waals surface area contributed by atoms with Gasteiger partial charge in [0.2, 0.25) is 0 Å². The lowest BCUT2D eigenvalue weighted by molar-refractivity contribution is 0.0190. The second-order valence-corrected chi connectivity index (χ2v) is 5.24. The molecule has 1 aliphatic rings. The molecule has 1 unspecified atom stereocenters. The van der Waals surface area contributed by atoms with E-state index in [-0.39, 0.29) is 0 Å². The monoisotopic (exact) mass is 242 g/mol. The molecule has 1 aromatic carbocycles. The van der Waals surface area contributed by atoms with Crippen LogP contribution in [-0.4, -0.2) is 14.9 Å². The molecule has 0 radical (unpaired) electrons. The molecule has 1 N–H and O–H groups in total. The molecular weight excluding hydrogens is 224 g/mol. The molecule has 3 rings (SSSR count). The van der Waals surface area contributed by atoms with Gasteiger partial charge in [0.15, 0.2) is 0 Å². The fourth-order valence-corrected chi connectivity index (χ4v) is 2.98. The van der Waals surface area contributed by atoms with Crippen molar-refractivity contribution >= 4 is 0 Å². The molecule has 0 fully saturated rings. The van der Waals surface area contributed by atoms with Crippen LogP contribution in [0.3, 0.4) is 0 Å². The molecule has 0 amide bonds. The Balaban J connectivity index is 1.95. The zero-order valence-electron chi connectivity index (χ0n) is 10.6. The Kier molecular flexibility index (Phi) is 2.71. The Morgan fingerprint density at radius 2 is 2.22 bits per heavy atom. The average molecular weight is 242 g/mol. The SMILES string of the molecule is Cn1cc(CC2(O)CCCc3ccccc32)cn1. The number of aryl methyl sites for hydroxylation is 2. The van der Waals surface area contributed by atoms with E-state index < -0.39 is 5.60 Å². The number of fused-ring (bicyclic) bond motifs is 1. The van der Waals surface area contributed by atoms with Crippen molar-refractivity contribution < 1.29 is 5.11 Å². The number of hydrogen-bond donors (Lipinski definition) is 1. The summed E-state index contributed by atoms with van der Waals surface area (Å²) >= 11 is 0.